The number of thiophene rings is 1. The number of benzene rings is 1. The Morgan fingerprint density at radius 2 is 1.90 bits per heavy atom. The lowest BCUT2D eigenvalue weighted by Gasteiger charge is -2.21. The van der Waals surface area contributed by atoms with Gasteiger partial charge in [-0.15, -0.1) is 0 Å². The maximum absolute atomic E-state index is 12.7. The first-order valence-electron chi connectivity index (χ1n) is 6.36. The number of hydrogen-bond donors (Lipinski definition) is 0. The molecule has 0 N–H and O–H groups in total. The Hall–Kier alpha value is -0.880. The molecule has 0 bridgehead atoms. The SMILES string of the molecule is O=S(=O)(c1ccc(Cl)cc1)N(Cc1ccsc1)C1CC1. The number of hydrogen-bond acceptors (Lipinski definition) is 3. The average Bonchev–Trinajstić information content (AvgIpc) is 3.12. The molecule has 1 aromatic heterocycles. The number of halogens is 1. The van der Waals surface area contributed by atoms with Gasteiger partial charge in [0.25, 0.3) is 0 Å². The third-order valence-electron chi connectivity index (χ3n) is 3.29. The zero-order valence-electron chi connectivity index (χ0n) is 10.7. The van der Waals surface area contributed by atoms with E-state index in [9.17, 15) is 8.42 Å². The van der Waals surface area contributed by atoms with E-state index in [0.717, 1.165) is 18.4 Å². The molecular formula is C14H14ClNO2S2. The van der Waals surface area contributed by atoms with Crippen molar-refractivity contribution in [3.05, 3.63) is 51.7 Å². The highest BCUT2D eigenvalue weighted by atomic mass is 35.5. The Bertz CT molecular complexity index is 676. The summed E-state index contributed by atoms with van der Waals surface area (Å²) in [6.45, 7) is 0.444. The maximum atomic E-state index is 12.7. The minimum atomic E-state index is -3.45. The van der Waals surface area contributed by atoms with Crippen molar-refractivity contribution in [2.75, 3.05) is 0 Å². The fourth-order valence-corrected chi connectivity index (χ4v) is 4.54. The van der Waals surface area contributed by atoms with Crippen LogP contribution < -0.4 is 0 Å². The molecule has 0 amide bonds. The van der Waals surface area contributed by atoms with E-state index in [0.29, 0.717) is 16.5 Å². The second kappa shape index (κ2) is 5.48. The maximum Gasteiger partial charge on any atom is 0.243 e. The summed E-state index contributed by atoms with van der Waals surface area (Å²) in [5, 5.41) is 4.50. The Kier molecular flexibility index (Phi) is 3.86. The van der Waals surface area contributed by atoms with Crippen LogP contribution in [0.15, 0.2) is 46.0 Å². The van der Waals surface area contributed by atoms with Crippen LogP contribution >= 0.6 is 22.9 Å². The van der Waals surface area contributed by atoms with Gasteiger partial charge in [0.1, 0.15) is 0 Å². The molecule has 1 fully saturated rings. The molecule has 1 aliphatic rings. The van der Waals surface area contributed by atoms with Crippen molar-refractivity contribution >= 4 is 33.0 Å². The minimum Gasteiger partial charge on any atom is -0.207 e. The molecule has 1 heterocycles. The topological polar surface area (TPSA) is 37.4 Å². The fraction of sp³-hybridized carbons (Fsp3) is 0.286. The first-order chi connectivity index (χ1) is 9.57. The Labute approximate surface area is 127 Å². The molecule has 3 nitrogen and oxygen atoms in total. The standard InChI is InChI=1S/C14H14ClNO2S2/c15-12-1-5-14(6-2-12)20(17,18)16(13-3-4-13)9-11-7-8-19-10-11/h1-2,5-8,10,13H,3-4,9H2. The lowest BCUT2D eigenvalue weighted by molar-refractivity contribution is 0.399. The van der Waals surface area contributed by atoms with Crippen LogP contribution in [0.2, 0.25) is 5.02 Å². The van der Waals surface area contributed by atoms with Gasteiger partial charge >= 0.3 is 0 Å². The zero-order valence-corrected chi connectivity index (χ0v) is 13.1. The quantitative estimate of drug-likeness (QED) is 0.838. The second-order valence-corrected chi connectivity index (χ2v) is 7.97. The van der Waals surface area contributed by atoms with Crippen molar-refractivity contribution in [1.82, 2.24) is 4.31 Å². The highest BCUT2D eigenvalue weighted by molar-refractivity contribution is 7.89. The van der Waals surface area contributed by atoms with Gasteiger partial charge in [0, 0.05) is 17.6 Å². The van der Waals surface area contributed by atoms with Gasteiger partial charge < -0.3 is 0 Å². The molecule has 0 atom stereocenters. The number of nitrogens with zero attached hydrogens (tertiary/aromatic N) is 1. The second-order valence-electron chi connectivity index (χ2n) is 4.87. The van der Waals surface area contributed by atoms with Gasteiger partial charge in [-0.25, -0.2) is 8.42 Å². The molecule has 2 aromatic rings. The largest absolute Gasteiger partial charge is 0.243 e. The molecule has 1 aromatic carbocycles. The van der Waals surface area contributed by atoms with Crippen molar-refractivity contribution in [3.8, 4) is 0 Å². The van der Waals surface area contributed by atoms with Crippen LogP contribution in [0.1, 0.15) is 18.4 Å². The molecule has 20 heavy (non-hydrogen) atoms. The van der Waals surface area contributed by atoms with E-state index in [1.165, 1.54) is 0 Å². The molecule has 0 aliphatic heterocycles. The molecule has 6 heteroatoms. The molecule has 1 aliphatic carbocycles. The Morgan fingerprint density at radius 1 is 1.20 bits per heavy atom. The first kappa shape index (κ1) is 14.1. The van der Waals surface area contributed by atoms with E-state index in [-0.39, 0.29) is 6.04 Å². The van der Waals surface area contributed by atoms with E-state index in [1.54, 1.807) is 39.9 Å². The summed E-state index contributed by atoms with van der Waals surface area (Å²) in [6.07, 6.45) is 1.88. The highest BCUT2D eigenvalue weighted by Gasteiger charge is 2.38. The van der Waals surface area contributed by atoms with Gasteiger partial charge in [-0.3, -0.25) is 0 Å². The van der Waals surface area contributed by atoms with Crippen molar-refractivity contribution in [3.63, 3.8) is 0 Å². The predicted molar refractivity (Wildman–Crippen MR) is 81.5 cm³/mol. The third-order valence-corrected chi connectivity index (χ3v) is 6.19. The lowest BCUT2D eigenvalue weighted by Crippen LogP contribution is -2.32. The lowest BCUT2D eigenvalue weighted by atomic mass is 10.3. The Balaban J connectivity index is 1.91. The predicted octanol–water partition coefficient (Wildman–Crippen LogP) is 3.75. The summed E-state index contributed by atoms with van der Waals surface area (Å²) < 4.78 is 27.1. The van der Waals surface area contributed by atoms with Crippen LogP contribution in [0, 0.1) is 0 Å². The molecule has 106 valence electrons. The van der Waals surface area contributed by atoms with Crippen molar-refractivity contribution in [2.24, 2.45) is 0 Å². The summed E-state index contributed by atoms with van der Waals surface area (Å²) in [5.41, 5.74) is 1.04. The molecule has 0 radical (unpaired) electrons. The van der Waals surface area contributed by atoms with E-state index in [2.05, 4.69) is 0 Å². The van der Waals surface area contributed by atoms with Crippen LogP contribution in [0.5, 0.6) is 0 Å². The number of rotatable bonds is 5. The van der Waals surface area contributed by atoms with Crippen LogP contribution in [-0.2, 0) is 16.6 Å². The summed E-state index contributed by atoms with van der Waals surface area (Å²) in [7, 11) is -3.45. The van der Waals surface area contributed by atoms with Crippen LogP contribution in [-0.4, -0.2) is 18.8 Å². The van der Waals surface area contributed by atoms with Crippen molar-refractivity contribution < 1.29 is 8.42 Å². The first-order valence-corrected chi connectivity index (χ1v) is 9.12. The third kappa shape index (κ3) is 2.91. The summed E-state index contributed by atoms with van der Waals surface area (Å²) in [5.74, 6) is 0. The van der Waals surface area contributed by atoms with Crippen LogP contribution in [0.25, 0.3) is 0 Å². The van der Waals surface area contributed by atoms with Gasteiger partial charge in [-0.05, 0) is 59.5 Å². The Morgan fingerprint density at radius 3 is 2.45 bits per heavy atom. The summed E-state index contributed by atoms with van der Waals surface area (Å²) in [4.78, 5) is 0.309. The van der Waals surface area contributed by atoms with Gasteiger partial charge in [-0.2, -0.15) is 15.6 Å². The van der Waals surface area contributed by atoms with Gasteiger partial charge in [0.2, 0.25) is 10.0 Å². The van der Waals surface area contributed by atoms with Crippen molar-refractivity contribution in [1.29, 1.82) is 0 Å². The molecular weight excluding hydrogens is 314 g/mol. The molecule has 0 saturated heterocycles. The number of sulfonamides is 1. The normalized spacial score (nSPS) is 15.7. The summed E-state index contributed by atoms with van der Waals surface area (Å²) in [6, 6.07) is 8.48. The van der Waals surface area contributed by atoms with E-state index >= 15 is 0 Å². The average molecular weight is 328 g/mol. The molecule has 3 rings (SSSR count). The van der Waals surface area contributed by atoms with Crippen molar-refractivity contribution in [2.45, 2.75) is 30.3 Å². The van der Waals surface area contributed by atoms with E-state index in [1.807, 2.05) is 16.8 Å². The molecule has 0 spiro atoms. The monoisotopic (exact) mass is 327 g/mol. The smallest absolute Gasteiger partial charge is 0.207 e. The fourth-order valence-electron chi connectivity index (χ4n) is 2.08. The molecule has 0 unspecified atom stereocenters. The highest BCUT2D eigenvalue weighted by Crippen LogP contribution is 2.34. The van der Waals surface area contributed by atoms with E-state index < -0.39 is 10.0 Å². The zero-order chi connectivity index (χ0) is 14.2. The van der Waals surface area contributed by atoms with Crippen LogP contribution in [0.3, 0.4) is 0 Å². The molecule has 1 saturated carbocycles. The van der Waals surface area contributed by atoms with Gasteiger partial charge in [0.15, 0.2) is 0 Å². The van der Waals surface area contributed by atoms with Gasteiger partial charge in [-0.1, -0.05) is 11.6 Å². The van der Waals surface area contributed by atoms with Gasteiger partial charge in [0.05, 0.1) is 4.90 Å². The minimum absolute atomic E-state index is 0.135. The summed E-state index contributed by atoms with van der Waals surface area (Å²) >= 11 is 7.41. The van der Waals surface area contributed by atoms with Crippen LogP contribution in [0.4, 0.5) is 0 Å². The van der Waals surface area contributed by atoms with E-state index in [4.69, 9.17) is 11.6 Å².